The minimum atomic E-state index is -3.48. The average molecular weight is 320 g/mol. The summed E-state index contributed by atoms with van der Waals surface area (Å²) in [5, 5.41) is 10.4. The van der Waals surface area contributed by atoms with Gasteiger partial charge in [0.25, 0.3) is 0 Å². The maximum atomic E-state index is 13.2. The Morgan fingerprint density at radius 3 is 1.76 bits per heavy atom. The summed E-state index contributed by atoms with van der Waals surface area (Å²) in [6.07, 6.45) is 1.68. The topological polar surface area (TPSA) is 71.8 Å². The molecule has 1 unspecified atom stereocenters. The first-order valence-corrected chi connectivity index (χ1v) is 8.79. The molecule has 6 nitrogen and oxygen atoms in total. The van der Waals surface area contributed by atoms with E-state index in [1.165, 1.54) is 5.06 Å². The molecule has 0 saturated carbocycles. The van der Waals surface area contributed by atoms with Crippen molar-refractivity contribution >= 4 is 7.60 Å². The molecular weight excluding hydrogens is 291 g/mol. The molecule has 21 heavy (non-hydrogen) atoms. The van der Waals surface area contributed by atoms with Crippen molar-refractivity contribution in [3.8, 4) is 6.26 Å². The maximum Gasteiger partial charge on any atom is 0.351 e. The molecule has 0 radical (unpaired) electrons. The number of rotatable bonds is 7. The van der Waals surface area contributed by atoms with E-state index in [0.717, 1.165) is 0 Å². The highest BCUT2D eigenvalue weighted by molar-refractivity contribution is 7.54. The van der Waals surface area contributed by atoms with Crippen LogP contribution in [0.25, 0.3) is 0 Å². The molecule has 1 atom stereocenters. The van der Waals surface area contributed by atoms with Crippen LogP contribution in [-0.4, -0.2) is 29.6 Å². The van der Waals surface area contributed by atoms with Crippen LogP contribution in [0.5, 0.6) is 0 Å². The van der Waals surface area contributed by atoms with Gasteiger partial charge in [0.1, 0.15) is 0 Å². The van der Waals surface area contributed by atoms with Crippen molar-refractivity contribution in [3.63, 3.8) is 0 Å². The quantitative estimate of drug-likeness (QED) is 0.399. The van der Waals surface area contributed by atoms with Gasteiger partial charge in [0.15, 0.2) is 5.78 Å². The van der Waals surface area contributed by atoms with E-state index in [9.17, 15) is 4.57 Å². The Kier molecular flexibility index (Phi) is 7.38. The van der Waals surface area contributed by atoms with Crippen LogP contribution < -0.4 is 0 Å². The molecule has 0 amide bonds. The lowest BCUT2D eigenvalue weighted by atomic mass is 9.94. The predicted octanol–water partition coefficient (Wildman–Crippen LogP) is 4.14. The molecule has 0 aliphatic carbocycles. The molecule has 7 heteroatoms. The van der Waals surface area contributed by atoms with Gasteiger partial charge in [0.05, 0.1) is 18.8 Å². The second kappa shape index (κ2) is 7.60. The van der Waals surface area contributed by atoms with Gasteiger partial charge in [-0.2, -0.15) is 0 Å². The van der Waals surface area contributed by atoms with Crippen LogP contribution >= 0.6 is 7.60 Å². The van der Waals surface area contributed by atoms with Crippen molar-refractivity contribution in [2.45, 2.75) is 66.7 Å². The van der Waals surface area contributed by atoms with Crippen molar-refractivity contribution in [1.29, 1.82) is 5.26 Å². The molecular formula is C14H29N2O4P. The number of hydrogen-bond donors (Lipinski definition) is 0. The van der Waals surface area contributed by atoms with E-state index in [2.05, 4.69) is 0 Å². The summed E-state index contributed by atoms with van der Waals surface area (Å²) in [6, 6.07) is 0. The lowest BCUT2D eigenvalue weighted by Crippen LogP contribution is -2.52. The van der Waals surface area contributed by atoms with Crippen molar-refractivity contribution in [1.82, 2.24) is 5.06 Å². The predicted molar refractivity (Wildman–Crippen MR) is 82.4 cm³/mol. The summed E-state index contributed by atoms with van der Waals surface area (Å²) in [5.74, 6) is -0.704. The monoisotopic (exact) mass is 320 g/mol. The Bertz CT molecular complexity index is 397. The van der Waals surface area contributed by atoms with E-state index in [4.69, 9.17) is 19.1 Å². The lowest BCUT2D eigenvalue weighted by molar-refractivity contribution is -0.189. The molecule has 0 fully saturated rings. The van der Waals surface area contributed by atoms with Gasteiger partial charge in [-0.05, 0) is 40.0 Å². The third-order valence-corrected chi connectivity index (χ3v) is 5.53. The summed E-state index contributed by atoms with van der Waals surface area (Å²) in [5.41, 5.74) is -1.03. The van der Waals surface area contributed by atoms with E-state index in [-0.39, 0.29) is 13.2 Å². The summed E-state index contributed by atoms with van der Waals surface area (Å²) in [6.45, 7) is 15.4. The second-order valence-corrected chi connectivity index (χ2v) is 8.88. The van der Waals surface area contributed by atoms with E-state index >= 15 is 0 Å². The summed E-state index contributed by atoms with van der Waals surface area (Å²) in [4.78, 5) is 5.14. The zero-order valence-corrected chi connectivity index (χ0v) is 15.4. The molecule has 0 bridgehead atoms. The highest BCUT2D eigenvalue weighted by Crippen LogP contribution is 2.60. The van der Waals surface area contributed by atoms with Gasteiger partial charge < -0.3 is 13.9 Å². The number of nitrogens with zero attached hydrogens (tertiary/aromatic N) is 2. The molecule has 0 aromatic carbocycles. The fraction of sp³-hybridized carbons (Fsp3) is 0.929. The standard InChI is InChI=1S/C14H29N2O4P/c1-9-19-21(17,20-10-2)12(13(3,4)5)16(18-11-15)14(6,7)8/h12H,9-10H2,1-8H3. The summed E-state index contributed by atoms with van der Waals surface area (Å²) in [7, 11) is -3.48. The SMILES string of the molecule is CCOP(=O)(OCC)C(N(OC#N)C(C)(C)C)C(C)(C)C. The summed E-state index contributed by atoms with van der Waals surface area (Å²) < 4.78 is 24.2. The number of nitriles is 1. The van der Waals surface area contributed by atoms with Crippen LogP contribution in [0.4, 0.5) is 0 Å². The van der Waals surface area contributed by atoms with Crippen LogP contribution in [0.2, 0.25) is 0 Å². The fourth-order valence-corrected chi connectivity index (χ4v) is 4.77. The van der Waals surface area contributed by atoms with Gasteiger partial charge in [-0.3, -0.25) is 4.57 Å². The summed E-state index contributed by atoms with van der Waals surface area (Å²) >= 11 is 0. The molecule has 0 aromatic rings. The first kappa shape index (κ1) is 20.4. The molecule has 0 heterocycles. The molecule has 0 aliphatic heterocycles. The van der Waals surface area contributed by atoms with Crippen molar-refractivity contribution in [2.24, 2.45) is 5.41 Å². The van der Waals surface area contributed by atoms with Gasteiger partial charge in [-0.1, -0.05) is 20.8 Å². The molecule has 0 N–H and O–H groups in total. The molecule has 124 valence electrons. The third kappa shape index (κ3) is 5.60. The van der Waals surface area contributed by atoms with Gasteiger partial charge in [0, 0.05) is 0 Å². The van der Waals surface area contributed by atoms with Crippen LogP contribution in [-0.2, 0) is 18.5 Å². The fourth-order valence-electron chi connectivity index (χ4n) is 2.09. The largest absolute Gasteiger partial charge is 0.351 e. The number of hydrogen-bond acceptors (Lipinski definition) is 6. The van der Waals surface area contributed by atoms with E-state index in [0.29, 0.717) is 0 Å². The van der Waals surface area contributed by atoms with Crippen molar-refractivity contribution in [3.05, 3.63) is 0 Å². The van der Waals surface area contributed by atoms with Gasteiger partial charge in [-0.25, -0.2) is 0 Å². The highest BCUT2D eigenvalue weighted by atomic mass is 31.2. The zero-order valence-electron chi connectivity index (χ0n) is 14.5. The maximum absolute atomic E-state index is 13.2. The van der Waals surface area contributed by atoms with Crippen LogP contribution in [0.15, 0.2) is 0 Å². The lowest BCUT2D eigenvalue weighted by Gasteiger charge is -2.45. The van der Waals surface area contributed by atoms with Crippen LogP contribution in [0, 0.1) is 16.9 Å². The third-order valence-electron chi connectivity index (χ3n) is 2.71. The van der Waals surface area contributed by atoms with E-state index in [1.54, 1.807) is 20.1 Å². The molecule has 0 saturated heterocycles. The molecule has 0 aliphatic rings. The van der Waals surface area contributed by atoms with E-state index in [1.807, 2.05) is 41.5 Å². The first-order valence-electron chi connectivity index (χ1n) is 7.18. The molecule has 0 rings (SSSR count). The minimum absolute atomic E-state index is 0.258. The first-order chi connectivity index (χ1) is 9.44. The van der Waals surface area contributed by atoms with Gasteiger partial charge >= 0.3 is 13.9 Å². The van der Waals surface area contributed by atoms with E-state index < -0.39 is 24.3 Å². The second-order valence-electron chi connectivity index (χ2n) is 6.79. The normalized spacial score (nSPS) is 14.9. The Morgan fingerprint density at radius 1 is 1.10 bits per heavy atom. The highest BCUT2D eigenvalue weighted by Gasteiger charge is 2.52. The Morgan fingerprint density at radius 2 is 1.52 bits per heavy atom. The van der Waals surface area contributed by atoms with Crippen LogP contribution in [0.1, 0.15) is 55.4 Å². The Hall–Kier alpha value is -0.600. The Balaban J connectivity index is 5.96. The zero-order chi connectivity index (χ0) is 16.9. The van der Waals surface area contributed by atoms with Crippen molar-refractivity contribution < 1.29 is 18.5 Å². The average Bonchev–Trinajstić information content (AvgIpc) is 2.25. The molecule has 0 spiro atoms. The Labute approximate surface area is 128 Å². The minimum Gasteiger partial charge on any atom is -0.326 e. The van der Waals surface area contributed by atoms with Crippen molar-refractivity contribution in [2.75, 3.05) is 13.2 Å². The molecule has 0 aromatic heterocycles. The number of hydroxylamine groups is 2. The van der Waals surface area contributed by atoms with Gasteiger partial charge in [0.2, 0.25) is 0 Å². The smallest absolute Gasteiger partial charge is 0.326 e. The van der Waals surface area contributed by atoms with Crippen LogP contribution in [0.3, 0.4) is 0 Å². The van der Waals surface area contributed by atoms with Gasteiger partial charge in [-0.15, -0.1) is 10.3 Å².